The van der Waals surface area contributed by atoms with E-state index in [0.717, 1.165) is 11.4 Å². The van der Waals surface area contributed by atoms with Crippen molar-refractivity contribution in [2.24, 2.45) is 0 Å². The molecule has 1 rings (SSSR count). The van der Waals surface area contributed by atoms with E-state index >= 15 is 0 Å². The molecular formula is C6H13BrClN. The molecule has 0 bridgehead atoms. The first-order valence-corrected chi connectivity index (χ1v) is 4.35. The van der Waals surface area contributed by atoms with Gasteiger partial charge in [-0.25, -0.2) is 0 Å². The van der Waals surface area contributed by atoms with Crippen LogP contribution in [0.25, 0.3) is 0 Å². The Kier molecular flexibility index (Phi) is 5.96. The Morgan fingerprint density at radius 2 is 2.33 bits per heavy atom. The van der Waals surface area contributed by atoms with Gasteiger partial charge in [0.15, 0.2) is 0 Å². The fourth-order valence-electron chi connectivity index (χ4n) is 1.13. The number of hydrogen-bond acceptors (Lipinski definition) is 1. The van der Waals surface area contributed by atoms with Crippen LogP contribution < -0.4 is 5.32 Å². The Morgan fingerprint density at radius 3 is 2.78 bits per heavy atom. The van der Waals surface area contributed by atoms with Crippen molar-refractivity contribution in [2.45, 2.75) is 25.3 Å². The zero-order valence-electron chi connectivity index (χ0n) is 5.40. The maximum absolute atomic E-state index is 3.43. The first-order valence-electron chi connectivity index (χ1n) is 3.23. The summed E-state index contributed by atoms with van der Waals surface area (Å²) in [6, 6.07) is 0.814. The van der Waals surface area contributed by atoms with E-state index in [9.17, 15) is 0 Å². The molecule has 1 atom stereocenters. The highest BCUT2D eigenvalue weighted by atomic mass is 79.9. The molecule has 0 radical (unpaired) electrons. The van der Waals surface area contributed by atoms with E-state index in [-0.39, 0.29) is 12.4 Å². The van der Waals surface area contributed by atoms with Crippen molar-refractivity contribution < 1.29 is 0 Å². The van der Waals surface area contributed by atoms with Crippen LogP contribution in [0.5, 0.6) is 0 Å². The summed E-state index contributed by atoms with van der Waals surface area (Å²) in [4.78, 5) is 0. The fourth-order valence-corrected chi connectivity index (χ4v) is 1.69. The smallest absolute Gasteiger partial charge is 0.00754 e. The van der Waals surface area contributed by atoms with Crippen molar-refractivity contribution in [2.75, 3.05) is 11.9 Å². The van der Waals surface area contributed by atoms with E-state index in [0.29, 0.717) is 0 Å². The molecule has 1 fully saturated rings. The third-order valence-corrected chi connectivity index (χ3v) is 2.08. The molecule has 1 nitrogen and oxygen atoms in total. The molecule has 3 heteroatoms. The van der Waals surface area contributed by atoms with Crippen molar-refractivity contribution in [1.82, 2.24) is 5.32 Å². The molecule has 56 valence electrons. The molecule has 0 spiro atoms. The third-order valence-electron chi connectivity index (χ3n) is 1.62. The van der Waals surface area contributed by atoms with Crippen LogP contribution in [-0.2, 0) is 0 Å². The predicted molar refractivity (Wildman–Crippen MR) is 46.7 cm³/mol. The lowest BCUT2D eigenvalue weighted by atomic mass is 10.2. The van der Waals surface area contributed by atoms with Gasteiger partial charge in [0, 0.05) is 11.4 Å². The molecule has 1 N–H and O–H groups in total. The minimum absolute atomic E-state index is 0. The van der Waals surface area contributed by atoms with Crippen LogP contribution in [0.15, 0.2) is 0 Å². The van der Waals surface area contributed by atoms with Crippen molar-refractivity contribution in [3.63, 3.8) is 0 Å². The Hall–Kier alpha value is 0.730. The molecule has 1 unspecified atom stereocenters. The van der Waals surface area contributed by atoms with Gasteiger partial charge in [-0.15, -0.1) is 12.4 Å². The summed E-state index contributed by atoms with van der Waals surface area (Å²) in [6.07, 6.45) is 4.04. The van der Waals surface area contributed by atoms with Crippen molar-refractivity contribution in [3.05, 3.63) is 0 Å². The number of hydrogen-bond donors (Lipinski definition) is 1. The van der Waals surface area contributed by atoms with E-state index in [1.54, 1.807) is 0 Å². The lowest BCUT2D eigenvalue weighted by Crippen LogP contribution is -2.21. The normalized spacial score (nSPS) is 25.7. The Morgan fingerprint density at radius 1 is 1.56 bits per heavy atom. The Labute approximate surface area is 71.1 Å². The van der Waals surface area contributed by atoms with Crippen molar-refractivity contribution >= 4 is 28.3 Å². The number of alkyl halides is 1. The van der Waals surface area contributed by atoms with Crippen LogP contribution >= 0.6 is 28.3 Å². The van der Waals surface area contributed by atoms with Crippen LogP contribution in [0.2, 0.25) is 0 Å². The molecule has 0 saturated carbocycles. The molecule has 0 amide bonds. The van der Waals surface area contributed by atoms with Gasteiger partial charge in [-0.1, -0.05) is 15.9 Å². The van der Waals surface area contributed by atoms with E-state index in [4.69, 9.17) is 0 Å². The maximum atomic E-state index is 3.43. The van der Waals surface area contributed by atoms with Crippen LogP contribution in [-0.4, -0.2) is 17.9 Å². The van der Waals surface area contributed by atoms with Gasteiger partial charge >= 0.3 is 0 Å². The van der Waals surface area contributed by atoms with E-state index < -0.39 is 0 Å². The summed E-state index contributed by atoms with van der Waals surface area (Å²) in [7, 11) is 0. The van der Waals surface area contributed by atoms with Gasteiger partial charge in [-0.3, -0.25) is 0 Å². The molecule has 1 saturated heterocycles. The van der Waals surface area contributed by atoms with Gasteiger partial charge < -0.3 is 5.32 Å². The van der Waals surface area contributed by atoms with Crippen LogP contribution in [0.4, 0.5) is 0 Å². The minimum Gasteiger partial charge on any atom is -0.314 e. The Balaban J connectivity index is 0.000000640. The topological polar surface area (TPSA) is 12.0 Å². The Bertz CT molecular complexity index is 64.1. The summed E-state index contributed by atoms with van der Waals surface area (Å²) in [5.41, 5.74) is 0. The molecule has 1 aliphatic rings. The van der Waals surface area contributed by atoms with Crippen LogP contribution in [0, 0.1) is 0 Å². The van der Waals surface area contributed by atoms with Gasteiger partial charge in [0.05, 0.1) is 0 Å². The molecule has 1 heterocycles. The monoisotopic (exact) mass is 213 g/mol. The molecule has 0 aromatic carbocycles. The van der Waals surface area contributed by atoms with Gasteiger partial charge in [0.1, 0.15) is 0 Å². The van der Waals surface area contributed by atoms with Crippen molar-refractivity contribution in [1.29, 1.82) is 0 Å². The number of nitrogens with one attached hydrogen (secondary N) is 1. The zero-order valence-corrected chi connectivity index (χ0v) is 7.80. The second-order valence-electron chi connectivity index (χ2n) is 2.27. The highest BCUT2D eigenvalue weighted by molar-refractivity contribution is 9.09. The summed E-state index contributed by atoms with van der Waals surface area (Å²) >= 11 is 3.42. The molecule has 0 aromatic heterocycles. The number of halogens is 2. The highest BCUT2D eigenvalue weighted by Crippen LogP contribution is 2.08. The van der Waals surface area contributed by atoms with E-state index in [1.807, 2.05) is 0 Å². The predicted octanol–water partition coefficient (Wildman–Crippen LogP) is 1.95. The SMILES string of the molecule is BrCCC1CCCN1.Cl. The zero-order chi connectivity index (χ0) is 5.82. The summed E-state index contributed by atoms with van der Waals surface area (Å²) in [5.74, 6) is 0. The lowest BCUT2D eigenvalue weighted by molar-refractivity contribution is 0.593. The van der Waals surface area contributed by atoms with Crippen LogP contribution in [0.3, 0.4) is 0 Å². The second-order valence-corrected chi connectivity index (χ2v) is 3.06. The highest BCUT2D eigenvalue weighted by Gasteiger charge is 2.11. The van der Waals surface area contributed by atoms with E-state index in [1.165, 1.54) is 25.8 Å². The van der Waals surface area contributed by atoms with Crippen molar-refractivity contribution in [3.8, 4) is 0 Å². The summed E-state index contributed by atoms with van der Waals surface area (Å²) in [6.45, 7) is 1.23. The average molecular weight is 215 g/mol. The molecule has 1 aliphatic heterocycles. The van der Waals surface area contributed by atoms with Gasteiger partial charge in [0.2, 0.25) is 0 Å². The third kappa shape index (κ3) is 3.43. The van der Waals surface area contributed by atoms with Gasteiger partial charge in [-0.2, -0.15) is 0 Å². The lowest BCUT2D eigenvalue weighted by Gasteiger charge is -2.04. The average Bonchev–Trinajstić information content (AvgIpc) is 2.19. The van der Waals surface area contributed by atoms with Crippen LogP contribution in [0.1, 0.15) is 19.3 Å². The summed E-state index contributed by atoms with van der Waals surface area (Å²) in [5, 5.41) is 4.57. The minimum atomic E-state index is 0. The van der Waals surface area contributed by atoms with E-state index in [2.05, 4.69) is 21.2 Å². The maximum Gasteiger partial charge on any atom is 0.00754 e. The second kappa shape index (κ2) is 5.51. The molecule has 0 aromatic rings. The first kappa shape index (κ1) is 9.73. The largest absolute Gasteiger partial charge is 0.314 e. The standard InChI is InChI=1S/C6H12BrN.ClH/c7-4-3-6-2-1-5-8-6;/h6,8H,1-5H2;1H. The summed E-state index contributed by atoms with van der Waals surface area (Å²) < 4.78 is 0. The fraction of sp³-hybridized carbons (Fsp3) is 1.00. The molecular weight excluding hydrogens is 201 g/mol. The first-order chi connectivity index (χ1) is 3.93. The molecule has 9 heavy (non-hydrogen) atoms. The van der Waals surface area contributed by atoms with Gasteiger partial charge in [-0.05, 0) is 25.8 Å². The van der Waals surface area contributed by atoms with Gasteiger partial charge in [0.25, 0.3) is 0 Å². The quantitative estimate of drug-likeness (QED) is 0.693. The number of rotatable bonds is 2. The molecule has 0 aliphatic carbocycles.